The molecule has 10 heteroatoms. The van der Waals surface area contributed by atoms with Crippen LogP contribution in [0.4, 0.5) is 10.6 Å². The Morgan fingerprint density at radius 1 is 1.12 bits per heavy atom. The maximum Gasteiger partial charge on any atom is 0.407 e. The molecule has 0 unspecified atom stereocenters. The van der Waals surface area contributed by atoms with Gasteiger partial charge in [-0.3, -0.25) is 0 Å². The molecule has 3 heterocycles. The van der Waals surface area contributed by atoms with E-state index in [1.165, 1.54) is 28.9 Å². The highest BCUT2D eigenvalue weighted by atomic mass is 35.5. The first-order chi connectivity index (χ1) is 19.9. The molecule has 0 saturated carbocycles. The van der Waals surface area contributed by atoms with Crippen LogP contribution in [0.1, 0.15) is 43.2 Å². The van der Waals surface area contributed by atoms with Crippen molar-refractivity contribution in [2.75, 3.05) is 44.7 Å². The zero-order valence-corrected chi connectivity index (χ0v) is 24.1. The number of halogens is 1. The van der Waals surface area contributed by atoms with Crippen molar-refractivity contribution in [1.82, 2.24) is 19.8 Å². The number of hydrogen-bond donors (Lipinski definition) is 1. The van der Waals surface area contributed by atoms with E-state index in [0.717, 1.165) is 54.3 Å². The lowest BCUT2D eigenvalue weighted by atomic mass is 9.86. The Bertz CT molecular complexity index is 1510. The number of rotatable bonds is 6. The van der Waals surface area contributed by atoms with Crippen molar-refractivity contribution in [1.29, 1.82) is 5.26 Å². The number of aryl methyl sites for hydroxylation is 1. The zero-order chi connectivity index (χ0) is 28.5. The second-order valence-corrected chi connectivity index (χ2v) is 11.8. The van der Waals surface area contributed by atoms with Crippen LogP contribution in [0, 0.1) is 11.3 Å². The molecule has 9 nitrogen and oxygen atoms in total. The van der Waals surface area contributed by atoms with E-state index in [1.54, 1.807) is 0 Å². The Kier molecular flexibility index (Phi) is 7.87. The second kappa shape index (κ2) is 11.7. The Morgan fingerprint density at radius 2 is 1.98 bits per heavy atom. The number of anilines is 1. The lowest BCUT2D eigenvalue weighted by Crippen LogP contribution is -2.55. The molecule has 214 valence electrons. The number of nitrogens with zero attached hydrogens (tertiary/aromatic N) is 6. The van der Waals surface area contributed by atoms with Gasteiger partial charge in [0, 0.05) is 41.6 Å². The van der Waals surface area contributed by atoms with Crippen LogP contribution < -0.4 is 9.64 Å². The minimum absolute atomic E-state index is 0.104. The van der Waals surface area contributed by atoms with E-state index in [4.69, 9.17) is 26.3 Å². The molecule has 3 aliphatic rings. The van der Waals surface area contributed by atoms with E-state index in [0.29, 0.717) is 42.6 Å². The lowest BCUT2D eigenvalue weighted by molar-refractivity contribution is 0.119. The van der Waals surface area contributed by atoms with Crippen molar-refractivity contribution >= 4 is 34.4 Å². The van der Waals surface area contributed by atoms with Gasteiger partial charge in [0.15, 0.2) is 0 Å². The van der Waals surface area contributed by atoms with Gasteiger partial charge in [-0.1, -0.05) is 29.8 Å². The van der Waals surface area contributed by atoms with Crippen molar-refractivity contribution in [3.8, 4) is 23.2 Å². The Morgan fingerprint density at radius 3 is 2.76 bits per heavy atom. The molecule has 41 heavy (non-hydrogen) atoms. The number of aromatic nitrogens is 2. The van der Waals surface area contributed by atoms with Crippen LogP contribution in [0.2, 0.25) is 5.02 Å². The number of carboxylic acid groups (broad SMARTS) is 1. The van der Waals surface area contributed by atoms with Gasteiger partial charge in [-0.25, -0.2) is 4.79 Å². The van der Waals surface area contributed by atoms with Crippen molar-refractivity contribution in [3.63, 3.8) is 0 Å². The molecule has 1 amide bonds. The van der Waals surface area contributed by atoms with Gasteiger partial charge in [0.2, 0.25) is 0 Å². The summed E-state index contributed by atoms with van der Waals surface area (Å²) >= 11 is 7.00. The molecule has 1 aliphatic carbocycles. The van der Waals surface area contributed by atoms with E-state index in [1.807, 2.05) is 17.0 Å². The average molecular weight is 575 g/mol. The smallest absolute Gasteiger partial charge is 0.407 e. The predicted molar refractivity (Wildman–Crippen MR) is 159 cm³/mol. The quantitative estimate of drug-likeness (QED) is 0.418. The molecule has 0 spiro atoms. The first-order valence-corrected chi connectivity index (χ1v) is 14.9. The van der Waals surface area contributed by atoms with Gasteiger partial charge in [-0.05, 0) is 80.9 Å². The molecule has 2 aliphatic heterocycles. The topological polar surface area (TPSA) is 106 Å². The summed E-state index contributed by atoms with van der Waals surface area (Å²) in [7, 11) is 2.11. The minimum atomic E-state index is -1.01. The van der Waals surface area contributed by atoms with Crippen LogP contribution in [0.3, 0.4) is 0 Å². The first-order valence-electron chi connectivity index (χ1n) is 14.5. The maximum atomic E-state index is 11.8. The zero-order valence-electron chi connectivity index (χ0n) is 23.4. The summed E-state index contributed by atoms with van der Waals surface area (Å²) < 4.78 is 6.22. The third-order valence-electron chi connectivity index (χ3n) is 8.86. The fraction of sp³-hybridized carbons (Fsp3) is 0.484. The van der Waals surface area contributed by atoms with Crippen LogP contribution in [0.15, 0.2) is 30.3 Å². The molecule has 3 aromatic rings. The summed E-state index contributed by atoms with van der Waals surface area (Å²) in [5.41, 5.74) is 5.57. The molecule has 2 atom stereocenters. The SMILES string of the molecule is CN1CCC[C@H]1COc1nc(N2CCN(C(=O)O)[C@@H](CC#N)C2)c2cc(Cl)c(-c3cccc4c3CCCC4)cc2n1. The number of piperazine rings is 1. The fourth-order valence-corrected chi connectivity index (χ4v) is 6.86. The molecule has 1 aromatic heterocycles. The monoisotopic (exact) mass is 574 g/mol. The number of ether oxygens (including phenoxy) is 1. The summed E-state index contributed by atoms with van der Waals surface area (Å²) in [5.74, 6) is 0.654. The number of nitriles is 1. The molecule has 2 saturated heterocycles. The summed E-state index contributed by atoms with van der Waals surface area (Å²) in [6, 6.07) is 12.7. The first kappa shape index (κ1) is 27.6. The summed E-state index contributed by atoms with van der Waals surface area (Å²) in [6.45, 7) is 2.62. The van der Waals surface area contributed by atoms with Crippen LogP contribution in [-0.4, -0.2) is 82.9 Å². The standard InChI is InChI=1S/C31H35ClN6O3/c1-36-13-5-8-22(36)19-41-30-34-28-17-25(24-10-4-7-20-6-2-3-9-23(20)24)27(32)16-26(28)29(35-30)37-14-15-38(31(39)40)21(18-37)11-12-33/h4,7,10,16-17,21-22H,2-3,5-6,8-9,11,13-15,18-19H2,1H3,(H,39,40)/t21-,22-/m0/s1. The highest BCUT2D eigenvalue weighted by Crippen LogP contribution is 2.40. The van der Waals surface area contributed by atoms with E-state index < -0.39 is 12.1 Å². The number of likely N-dealkylation sites (tertiary alicyclic amines) is 1. The van der Waals surface area contributed by atoms with E-state index >= 15 is 0 Å². The van der Waals surface area contributed by atoms with Crippen molar-refractivity contribution in [2.24, 2.45) is 0 Å². The van der Waals surface area contributed by atoms with E-state index in [2.05, 4.69) is 36.2 Å². The van der Waals surface area contributed by atoms with Gasteiger partial charge in [0.1, 0.15) is 12.4 Å². The van der Waals surface area contributed by atoms with Gasteiger partial charge in [0.05, 0.1) is 24.0 Å². The van der Waals surface area contributed by atoms with Crippen LogP contribution in [0.5, 0.6) is 6.01 Å². The van der Waals surface area contributed by atoms with Crippen LogP contribution in [0.25, 0.3) is 22.0 Å². The molecule has 6 rings (SSSR count). The third kappa shape index (κ3) is 5.51. The van der Waals surface area contributed by atoms with Gasteiger partial charge in [-0.15, -0.1) is 0 Å². The van der Waals surface area contributed by atoms with Crippen molar-refractivity contribution < 1.29 is 14.6 Å². The van der Waals surface area contributed by atoms with Gasteiger partial charge >= 0.3 is 12.1 Å². The summed E-state index contributed by atoms with van der Waals surface area (Å²) in [5, 5.41) is 20.5. The van der Waals surface area contributed by atoms with Crippen LogP contribution >= 0.6 is 11.6 Å². The number of likely N-dealkylation sites (N-methyl/N-ethyl adjacent to an activating group) is 1. The molecule has 0 bridgehead atoms. The highest BCUT2D eigenvalue weighted by Gasteiger charge is 2.32. The van der Waals surface area contributed by atoms with E-state index in [9.17, 15) is 15.2 Å². The number of benzene rings is 2. The molecular formula is C31H35ClN6O3. The second-order valence-electron chi connectivity index (χ2n) is 11.4. The summed E-state index contributed by atoms with van der Waals surface area (Å²) in [4.78, 5) is 27.2. The highest BCUT2D eigenvalue weighted by molar-refractivity contribution is 6.34. The number of carbonyl (C=O) groups is 1. The van der Waals surface area contributed by atoms with Crippen molar-refractivity contribution in [3.05, 3.63) is 46.5 Å². The minimum Gasteiger partial charge on any atom is -0.465 e. The van der Waals surface area contributed by atoms with Gasteiger partial charge < -0.3 is 24.5 Å². The largest absolute Gasteiger partial charge is 0.465 e. The predicted octanol–water partition coefficient (Wildman–Crippen LogP) is 5.38. The van der Waals surface area contributed by atoms with Gasteiger partial charge in [0.25, 0.3) is 0 Å². The van der Waals surface area contributed by atoms with E-state index in [-0.39, 0.29) is 13.0 Å². The lowest BCUT2D eigenvalue weighted by Gasteiger charge is -2.40. The fourth-order valence-electron chi connectivity index (χ4n) is 6.60. The van der Waals surface area contributed by atoms with Crippen LogP contribution in [-0.2, 0) is 12.8 Å². The maximum absolute atomic E-state index is 11.8. The normalized spacial score (nSPS) is 21.1. The molecule has 1 N–H and O–H groups in total. The Balaban J connectivity index is 1.42. The molecule has 0 radical (unpaired) electrons. The molecular weight excluding hydrogens is 540 g/mol. The number of amides is 1. The Labute approximate surface area is 245 Å². The van der Waals surface area contributed by atoms with Gasteiger partial charge in [-0.2, -0.15) is 15.2 Å². The third-order valence-corrected chi connectivity index (χ3v) is 9.17. The number of hydrogen-bond acceptors (Lipinski definition) is 7. The summed E-state index contributed by atoms with van der Waals surface area (Å²) in [6.07, 6.45) is 5.80. The number of fused-ring (bicyclic) bond motifs is 2. The average Bonchev–Trinajstić information content (AvgIpc) is 3.39. The molecule has 2 fully saturated rings. The molecule has 2 aromatic carbocycles. The Hall–Kier alpha value is -3.61. The van der Waals surface area contributed by atoms with Crippen molar-refractivity contribution in [2.45, 2.75) is 57.0 Å².